The molecule has 2 aromatic heterocycles. The Morgan fingerprint density at radius 3 is 2.60 bits per heavy atom. The molecule has 3 aromatic rings. The van der Waals surface area contributed by atoms with Crippen LogP contribution in [-0.2, 0) is 0 Å². The maximum Gasteiger partial charge on any atom is 0.422 e. The van der Waals surface area contributed by atoms with Crippen LogP contribution in [0.1, 0.15) is 41.7 Å². The Hall–Kier alpha value is -3.02. The first kappa shape index (κ1) is 26.6. The molecule has 0 saturated carbocycles. The minimum atomic E-state index is -4.59. The van der Waals surface area contributed by atoms with E-state index in [0.717, 1.165) is 10.7 Å². The molecule has 1 atom stereocenters. The third kappa shape index (κ3) is 6.77. The smallest absolute Gasteiger partial charge is 0.422 e. The number of rotatable bonds is 8. The minimum Gasteiger partial charge on any atom is -0.467 e. The van der Waals surface area contributed by atoms with Gasteiger partial charge in [0.1, 0.15) is 0 Å². The molecule has 0 bridgehead atoms. The summed E-state index contributed by atoms with van der Waals surface area (Å²) in [5.74, 6) is -0.793. The van der Waals surface area contributed by atoms with Crippen LogP contribution in [0, 0.1) is 6.92 Å². The van der Waals surface area contributed by atoms with Crippen LogP contribution in [0.5, 0.6) is 5.88 Å². The maximum atomic E-state index is 12.8. The van der Waals surface area contributed by atoms with E-state index in [0.29, 0.717) is 10.6 Å². The van der Waals surface area contributed by atoms with Crippen molar-refractivity contribution in [2.75, 3.05) is 11.9 Å². The fourth-order valence-corrected chi connectivity index (χ4v) is 3.64. The highest BCUT2D eigenvalue weighted by atomic mass is 35.5. The molecular weight excluding hydrogens is 510 g/mol. The van der Waals surface area contributed by atoms with Crippen molar-refractivity contribution in [2.45, 2.75) is 39.2 Å². The van der Waals surface area contributed by atoms with Crippen LogP contribution in [0.4, 0.5) is 18.9 Å². The molecule has 3 N–H and O–H groups in total. The molecule has 1 amide bonds. The average molecular weight is 532 g/mol. The van der Waals surface area contributed by atoms with Crippen molar-refractivity contribution in [3.8, 4) is 11.7 Å². The number of amides is 1. The number of aryl methyl sites for hydroxylation is 1. The number of halogens is 5. The number of carbonyl (C=O) groups is 1. The number of pyridine rings is 1. The fourth-order valence-electron chi connectivity index (χ4n) is 3.16. The van der Waals surface area contributed by atoms with E-state index in [1.807, 2.05) is 0 Å². The van der Waals surface area contributed by atoms with Crippen LogP contribution < -0.4 is 15.4 Å². The van der Waals surface area contributed by atoms with E-state index < -0.39 is 30.8 Å². The van der Waals surface area contributed by atoms with Gasteiger partial charge in [-0.2, -0.15) is 13.2 Å². The van der Waals surface area contributed by atoms with Crippen molar-refractivity contribution in [2.24, 2.45) is 0 Å². The predicted molar refractivity (Wildman–Crippen MR) is 125 cm³/mol. The van der Waals surface area contributed by atoms with Gasteiger partial charge in [-0.05, 0) is 50.6 Å². The number of ether oxygens (including phenoxy) is 1. The predicted octanol–water partition coefficient (Wildman–Crippen LogP) is 5.06. The topological polar surface area (TPSA) is 101 Å². The number of hydrogen-bond donors (Lipinski definition) is 3. The molecule has 35 heavy (non-hydrogen) atoms. The molecular formula is C22H22Cl2F3N5O3. The summed E-state index contributed by atoms with van der Waals surface area (Å²) < 4.78 is 43.8. The molecule has 2 heterocycles. The number of benzene rings is 1. The molecule has 0 aliphatic heterocycles. The van der Waals surface area contributed by atoms with Gasteiger partial charge in [-0.3, -0.25) is 4.79 Å². The number of alkyl halides is 3. The quantitative estimate of drug-likeness (QED) is 0.351. The maximum absolute atomic E-state index is 12.8. The number of carbonyl (C=O) groups excluding carboxylic acids is 1. The molecule has 13 heteroatoms. The summed E-state index contributed by atoms with van der Waals surface area (Å²) in [4.78, 5) is 16.9. The number of nitrogens with one attached hydrogen (secondary N) is 2. The highest BCUT2D eigenvalue weighted by molar-refractivity contribution is 6.32. The molecule has 8 nitrogen and oxygen atoms in total. The number of hydrogen-bond acceptors (Lipinski definition) is 6. The van der Waals surface area contributed by atoms with Crippen molar-refractivity contribution in [3.05, 3.63) is 63.4 Å². The second-order valence-electron chi connectivity index (χ2n) is 7.85. The Kier molecular flexibility index (Phi) is 8.14. The number of anilines is 1. The zero-order chi connectivity index (χ0) is 25.9. The number of nitrogens with zero attached hydrogens (tertiary/aromatic N) is 3. The van der Waals surface area contributed by atoms with Gasteiger partial charge in [-0.15, -0.1) is 5.10 Å². The SMILES string of the molecule is Cc1cc(Cl)cc(C(=O)NC(C)C)c1NC(O)c1cc(OCC(F)(F)F)nn1-c1ncccc1Cl. The van der Waals surface area contributed by atoms with Crippen LogP contribution in [0.25, 0.3) is 5.82 Å². The van der Waals surface area contributed by atoms with Crippen LogP contribution in [-0.4, -0.2) is 44.6 Å². The first-order chi connectivity index (χ1) is 16.4. The van der Waals surface area contributed by atoms with E-state index in [2.05, 4.69) is 20.7 Å². The van der Waals surface area contributed by atoms with Gasteiger partial charge in [0.25, 0.3) is 5.91 Å². The van der Waals surface area contributed by atoms with Crippen molar-refractivity contribution in [1.82, 2.24) is 20.1 Å². The molecule has 1 unspecified atom stereocenters. The number of aliphatic hydroxyl groups excluding tert-OH is 1. The minimum absolute atomic E-state index is 0.0349. The summed E-state index contributed by atoms with van der Waals surface area (Å²) in [5.41, 5.74) is 0.934. The zero-order valence-electron chi connectivity index (χ0n) is 18.8. The summed E-state index contributed by atoms with van der Waals surface area (Å²) in [6, 6.07) is 7.04. The normalized spacial score (nSPS) is 12.5. The lowest BCUT2D eigenvalue weighted by molar-refractivity contribution is -0.154. The Bertz CT molecular complexity index is 1220. The van der Waals surface area contributed by atoms with Gasteiger partial charge in [-0.25, -0.2) is 9.67 Å². The number of aromatic nitrogens is 3. The average Bonchev–Trinajstić information content (AvgIpc) is 3.17. The molecule has 0 aliphatic rings. The first-order valence-electron chi connectivity index (χ1n) is 10.3. The molecule has 0 spiro atoms. The van der Waals surface area contributed by atoms with Crippen molar-refractivity contribution in [1.29, 1.82) is 0 Å². The molecule has 188 valence electrons. The Morgan fingerprint density at radius 2 is 1.97 bits per heavy atom. The number of aliphatic hydroxyl groups is 1. The van der Waals surface area contributed by atoms with Crippen LogP contribution >= 0.6 is 23.2 Å². The van der Waals surface area contributed by atoms with Crippen molar-refractivity contribution >= 4 is 34.8 Å². The Morgan fingerprint density at radius 1 is 1.26 bits per heavy atom. The van der Waals surface area contributed by atoms with Gasteiger partial charge in [0.05, 0.1) is 22.0 Å². The Labute approximate surface area is 209 Å². The summed E-state index contributed by atoms with van der Waals surface area (Å²) >= 11 is 12.3. The van der Waals surface area contributed by atoms with Gasteiger partial charge < -0.3 is 20.5 Å². The van der Waals surface area contributed by atoms with E-state index in [1.165, 1.54) is 18.3 Å². The van der Waals surface area contributed by atoms with Gasteiger partial charge in [0.2, 0.25) is 5.88 Å². The first-order valence-corrected chi connectivity index (χ1v) is 11.1. The summed E-state index contributed by atoms with van der Waals surface area (Å²) in [6.45, 7) is 3.67. The standard InChI is InChI=1S/C22H22Cl2F3N5O3/c1-11(2)29-20(33)14-8-13(23)7-12(3)18(14)30-21(34)16-9-17(35-10-22(25,26)27)31-32(16)19-15(24)5-4-6-28-19/h4-9,11,21,30,34H,10H2,1-3H3,(H,29,33). The lowest BCUT2D eigenvalue weighted by atomic mass is 10.1. The van der Waals surface area contributed by atoms with Crippen molar-refractivity contribution in [3.63, 3.8) is 0 Å². The lowest BCUT2D eigenvalue weighted by Gasteiger charge is -2.21. The van der Waals surface area contributed by atoms with Crippen molar-refractivity contribution < 1.29 is 27.8 Å². The molecule has 0 radical (unpaired) electrons. The summed E-state index contributed by atoms with van der Waals surface area (Å²) in [6.07, 6.45) is -4.75. The lowest BCUT2D eigenvalue weighted by Crippen LogP contribution is -2.31. The van der Waals surface area contributed by atoms with E-state index in [4.69, 9.17) is 27.9 Å². The highest BCUT2D eigenvalue weighted by Gasteiger charge is 2.30. The molecule has 1 aromatic carbocycles. The summed E-state index contributed by atoms with van der Waals surface area (Å²) in [7, 11) is 0. The van der Waals surface area contributed by atoms with E-state index >= 15 is 0 Å². The molecule has 0 fully saturated rings. The molecule has 3 rings (SSSR count). The summed E-state index contributed by atoms with van der Waals surface area (Å²) in [5, 5.41) is 21.0. The van der Waals surface area contributed by atoms with E-state index in [9.17, 15) is 23.1 Å². The largest absolute Gasteiger partial charge is 0.467 e. The van der Waals surface area contributed by atoms with E-state index in [1.54, 1.807) is 32.9 Å². The fraction of sp³-hybridized carbons (Fsp3) is 0.318. The van der Waals surface area contributed by atoms with Crippen LogP contribution in [0.2, 0.25) is 10.0 Å². The van der Waals surface area contributed by atoms with Crippen LogP contribution in [0.3, 0.4) is 0 Å². The van der Waals surface area contributed by atoms with Gasteiger partial charge in [0, 0.05) is 23.3 Å². The Balaban J connectivity index is 2.03. The zero-order valence-corrected chi connectivity index (χ0v) is 20.3. The second-order valence-corrected chi connectivity index (χ2v) is 8.70. The monoisotopic (exact) mass is 531 g/mol. The van der Waals surface area contributed by atoms with Gasteiger partial charge in [0.15, 0.2) is 18.7 Å². The third-order valence-corrected chi connectivity index (χ3v) is 5.08. The van der Waals surface area contributed by atoms with Gasteiger partial charge >= 0.3 is 6.18 Å². The third-order valence-electron chi connectivity index (χ3n) is 4.56. The highest BCUT2D eigenvalue weighted by Crippen LogP contribution is 2.31. The second kappa shape index (κ2) is 10.7. The van der Waals surface area contributed by atoms with E-state index in [-0.39, 0.29) is 33.8 Å². The molecule has 0 saturated heterocycles. The van der Waals surface area contributed by atoms with Gasteiger partial charge in [-0.1, -0.05) is 23.2 Å². The molecule has 0 aliphatic carbocycles. The van der Waals surface area contributed by atoms with Crippen LogP contribution in [0.15, 0.2) is 36.5 Å².